The van der Waals surface area contributed by atoms with E-state index in [0.29, 0.717) is 17.9 Å². The number of hydrogen-bond donors (Lipinski definition) is 3. The van der Waals surface area contributed by atoms with Gasteiger partial charge in [-0.15, -0.1) is 0 Å². The molecular formula is C29H35ClFN5O4. The Kier molecular flexibility index (Phi) is 10.8. The molecule has 0 saturated heterocycles. The number of hydrazine groups is 1. The number of halogens is 2. The number of fused-ring (bicyclic) bond motifs is 1. The van der Waals surface area contributed by atoms with Gasteiger partial charge < -0.3 is 10.1 Å². The van der Waals surface area contributed by atoms with Gasteiger partial charge in [-0.05, 0) is 34.9 Å². The van der Waals surface area contributed by atoms with Crippen LogP contribution in [0.1, 0.15) is 46.1 Å². The zero-order valence-corrected chi connectivity index (χ0v) is 23.8. The third-order valence-electron chi connectivity index (χ3n) is 5.96. The summed E-state index contributed by atoms with van der Waals surface area (Å²) in [5.74, 6) is -0.844. The van der Waals surface area contributed by atoms with Gasteiger partial charge in [0.15, 0.2) is 0 Å². The number of aromatic nitrogens is 1. The molecule has 0 unspecified atom stereocenters. The van der Waals surface area contributed by atoms with Crippen LogP contribution in [0.3, 0.4) is 0 Å². The Labute approximate surface area is 238 Å². The van der Waals surface area contributed by atoms with Crippen LogP contribution in [0.4, 0.5) is 15.0 Å². The fraction of sp³-hybridized carbons (Fsp3) is 0.379. The average Bonchev–Trinajstić information content (AvgIpc) is 2.90. The second-order valence-electron chi connectivity index (χ2n) is 10.6. The Morgan fingerprint density at radius 2 is 1.82 bits per heavy atom. The number of nitrogens with zero attached hydrogens (tertiary/aromatic N) is 2. The van der Waals surface area contributed by atoms with E-state index in [1.54, 1.807) is 18.3 Å². The molecule has 0 bridgehead atoms. The number of nitrogens with one attached hydrogen (secondary N) is 3. The number of pyridine rings is 1. The summed E-state index contributed by atoms with van der Waals surface area (Å²) in [5.41, 5.74) is 3.30. The van der Waals surface area contributed by atoms with E-state index in [9.17, 15) is 18.8 Å². The number of anilines is 1. The minimum atomic E-state index is -0.762. The maximum absolute atomic E-state index is 13.9. The Morgan fingerprint density at radius 1 is 1.10 bits per heavy atom. The van der Waals surface area contributed by atoms with Gasteiger partial charge in [-0.1, -0.05) is 68.8 Å². The van der Waals surface area contributed by atoms with Crippen LogP contribution < -0.4 is 16.1 Å². The smallest absolute Gasteiger partial charge is 0.412 e. The van der Waals surface area contributed by atoms with E-state index < -0.39 is 18.0 Å². The van der Waals surface area contributed by atoms with E-state index in [0.717, 1.165) is 10.8 Å². The monoisotopic (exact) mass is 571 g/mol. The Hall–Kier alpha value is -3.76. The summed E-state index contributed by atoms with van der Waals surface area (Å²) < 4.78 is 19.4. The van der Waals surface area contributed by atoms with Gasteiger partial charge in [0.2, 0.25) is 11.8 Å². The van der Waals surface area contributed by atoms with E-state index >= 15 is 0 Å². The summed E-state index contributed by atoms with van der Waals surface area (Å²) in [7, 11) is 0. The number of hydrogen-bond acceptors (Lipinski definition) is 6. The highest BCUT2D eigenvalue weighted by Gasteiger charge is 2.25. The first-order valence-electron chi connectivity index (χ1n) is 12.9. The summed E-state index contributed by atoms with van der Waals surface area (Å²) in [6.07, 6.45) is 1.16. The highest BCUT2D eigenvalue weighted by molar-refractivity contribution is 6.31. The number of carbonyl (C=O) groups is 3. The van der Waals surface area contributed by atoms with Crippen LogP contribution in [0, 0.1) is 11.2 Å². The van der Waals surface area contributed by atoms with Crippen LogP contribution in [0.5, 0.6) is 0 Å². The SMILES string of the molecule is CC(=O)N(NCc1cccc(F)c1Cl)[C@@H](CCC(=O)NCC(C)(C)C)COC(=O)Nc1cc2ccccc2cn1. The van der Waals surface area contributed by atoms with Gasteiger partial charge >= 0.3 is 6.09 Å². The molecule has 9 nitrogen and oxygen atoms in total. The van der Waals surface area contributed by atoms with Crippen LogP contribution in [0.2, 0.25) is 5.02 Å². The van der Waals surface area contributed by atoms with E-state index in [4.69, 9.17) is 16.3 Å². The van der Waals surface area contributed by atoms with Crippen molar-refractivity contribution in [2.24, 2.45) is 5.41 Å². The molecule has 2 aromatic carbocycles. The summed E-state index contributed by atoms with van der Waals surface area (Å²) in [5, 5.41) is 8.52. The summed E-state index contributed by atoms with van der Waals surface area (Å²) >= 11 is 6.07. The fourth-order valence-corrected chi connectivity index (χ4v) is 4.05. The van der Waals surface area contributed by atoms with Crippen LogP contribution in [0.25, 0.3) is 10.8 Å². The molecular weight excluding hydrogens is 537 g/mol. The van der Waals surface area contributed by atoms with Gasteiger partial charge in [0, 0.05) is 38.0 Å². The first-order chi connectivity index (χ1) is 18.9. The molecule has 0 aliphatic carbocycles. The Balaban J connectivity index is 1.69. The molecule has 40 heavy (non-hydrogen) atoms. The van der Waals surface area contributed by atoms with E-state index in [1.807, 2.05) is 45.0 Å². The average molecular weight is 572 g/mol. The predicted octanol–water partition coefficient (Wildman–Crippen LogP) is 5.44. The molecule has 1 atom stereocenters. The Morgan fingerprint density at radius 3 is 2.52 bits per heavy atom. The maximum atomic E-state index is 13.9. The zero-order chi connectivity index (χ0) is 29.3. The second-order valence-corrected chi connectivity index (χ2v) is 11.0. The molecule has 1 aromatic heterocycles. The van der Waals surface area contributed by atoms with Crippen molar-refractivity contribution in [3.63, 3.8) is 0 Å². The second kappa shape index (κ2) is 14.0. The van der Waals surface area contributed by atoms with Gasteiger partial charge in [0.05, 0.1) is 11.1 Å². The van der Waals surface area contributed by atoms with Crippen LogP contribution >= 0.6 is 11.6 Å². The molecule has 1 heterocycles. The lowest BCUT2D eigenvalue weighted by molar-refractivity contribution is -0.137. The molecule has 214 valence electrons. The minimum Gasteiger partial charge on any atom is -0.447 e. The lowest BCUT2D eigenvalue weighted by Gasteiger charge is -2.31. The first kappa shape index (κ1) is 30.8. The normalized spacial score (nSPS) is 12.1. The van der Waals surface area contributed by atoms with Gasteiger partial charge in [-0.3, -0.25) is 19.9 Å². The molecule has 0 fully saturated rings. The molecule has 0 aliphatic heterocycles. The number of benzene rings is 2. The molecule has 0 radical (unpaired) electrons. The molecule has 3 amide bonds. The van der Waals surface area contributed by atoms with Crippen molar-refractivity contribution in [3.8, 4) is 0 Å². The third kappa shape index (κ3) is 9.46. The van der Waals surface area contributed by atoms with Crippen molar-refractivity contribution in [2.45, 2.75) is 53.1 Å². The summed E-state index contributed by atoms with van der Waals surface area (Å²) in [6, 6.07) is 13.0. The van der Waals surface area contributed by atoms with Crippen molar-refractivity contribution in [1.82, 2.24) is 20.7 Å². The highest BCUT2D eigenvalue weighted by atomic mass is 35.5. The standard InChI is InChI=1S/C29H35ClFN5O4/c1-19(37)36(34-16-22-10-7-11-24(31)27(22)30)23(12-13-26(38)33-18-29(2,3)4)17-40-28(39)35-25-14-20-8-5-6-9-21(20)15-32-25/h5-11,14-15,23,34H,12-13,16-18H2,1-4H3,(H,33,38)(H,32,35,39)/t23-/m0/s1. The molecule has 3 N–H and O–H groups in total. The fourth-order valence-electron chi connectivity index (χ4n) is 3.85. The molecule has 0 spiro atoms. The Bertz CT molecular complexity index is 1350. The number of carbonyl (C=O) groups excluding carboxylic acids is 3. The van der Waals surface area contributed by atoms with Crippen molar-refractivity contribution >= 4 is 46.1 Å². The van der Waals surface area contributed by atoms with Gasteiger partial charge in [-0.25, -0.2) is 19.6 Å². The van der Waals surface area contributed by atoms with E-state index in [1.165, 1.54) is 24.1 Å². The summed E-state index contributed by atoms with van der Waals surface area (Å²) in [4.78, 5) is 42.0. The number of amides is 3. The molecule has 3 aromatic rings. The number of rotatable bonds is 11. The molecule has 11 heteroatoms. The van der Waals surface area contributed by atoms with Crippen LogP contribution in [0.15, 0.2) is 54.7 Å². The number of ether oxygens (including phenoxy) is 1. The van der Waals surface area contributed by atoms with Crippen LogP contribution in [-0.2, 0) is 20.9 Å². The first-order valence-corrected chi connectivity index (χ1v) is 13.3. The lowest BCUT2D eigenvalue weighted by atomic mass is 9.97. The van der Waals surface area contributed by atoms with Crippen molar-refractivity contribution in [2.75, 3.05) is 18.5 Å². The topological polar surface area (TPSA) is 113 Å². The van der Waals surface area contributed by atoms with Crippen molar-refractivity contribution in [3.05, 3.63) is 71.1 Å². The van der Waals surface area contributed by atoms with Gasteiger partial charge in [0.25, 0.3) is 0 Å². The highest BCUT2D eigenvalue weighted by Crippen LogP contribution is 2.20. The van der Waals surface area contributed by atoms with Crippen LogP contribution in [-0.4, -0.2) is 47.1 Å². The van der Waals surface area contributed by atoms with E-state index in [2.05, 4.69) is 21.0 Å². The largest absolute Gasteiger partial charge is 0.447 e. The molecule has 3 rings (SSSR count). The van der Waals surface area contributed by atoms with Crippen molar-refractivity contribution in [1.29, 1.82) is 0 Å². The third-order valence-corrected chi connectivity index (χ3v) is 6.39. The van der Waals surface area contributed by atoms with Crippen molar-refractivity contribution < 1.29 is 23.5 Å². The molecule has 0 saturated carbocycles. The van der Waals surface area contributed by atoms with Gasteiger partial charge in [0.1, 0.15) is 18.2 Å². The predicted molar refractivity (Wildman–Crippen MR) is 153 cm³/mol. The maximum Gasteiger partial charge on any atom is 0.412 e. The quantitative estimate of drug-likeness (QED) is 0.264. The summed E-state index contributed by atoms with van der Waals surface area (Å²) in [6.45, 7) is 7.67. The van der Waals surface area contributed by atoms with E-state index in [-0.39, 0.29) is 48.2 Å². The molecule has 0 aliphatic rings. The minimum absolute atomic E-state index is 0.0378. The lowest BCUT2D eigenvalue weighted by Crippen LogP contribution is -2.51. The zero-order valence-electron chi connectivity index (χ0n) is 23.1. The van der Waals surface area contributed by atoms with Gasteiger partial charge in [-0.2, -0.15) is 0 Å².